The maximum absolute atomic E-state index is 13.3. The van der Waals surface area contributed by atoms with Crippen LogP contribution in [0.4, 0.5) is 10.3 Å². The molecule has 24 heavy (non-hydrogen) atoms. The number of hydrogen-bond acceptors (Lipinski definition) is 3. The van der Waals surface area contributed by atoms with Gasteiger partial charge in [-0.2, -0.15) is 0 Å². The molecule has 1 heterocycles. The Morgan fingerprint density at radius 2 is 1.92 bits per heavy atom. The third-order valence-corrected chi connectivity index (χ3v) is 4.41. The van der Waals surface area contributed by atoms with Crippen LogP contribution in [0.1, 0.15) is 15.9 Å². The second kappa shape index (κ2) is 7.23. The molecule has 0 aliphatic rings. The van der Waals surface area contributed by atoms with E-state index in [-0.39, 0.29) is 11.5 Å². The average Bonchev–Trinajstić information content (AvgIpc) is 2.99. The molecule has 0 saturated heterocycles. The molecule has 0 aliphatic carbocycles. The van der Waals surface area contributed by atoms with Crippen LogP contribution in [0, 0.1) is 5.82 Å². The fraction of sp³-hybridized carbons (Fsp3) is 0.0625. The van der Waals surface area contributed by atoms with Gasteiger partial charge in [-0.15, -0.1) is 5.10 Å². The molecule has 0 fully saturated rings. The molecular weight excluding hydrogens is 443 g/mol. The van der Waals surface area contributed by atoms with E-state index < -0.39 is 11.7 Å². The van der Waals surface area contributed by atoms with Crippen molar-refractivity contribution in [1.29, 1.82) is 0 Å². The highest BCUT2D eigenvalue weighted by Gasteiger charge is 2.13. The van der Waals surface area contributed by atoms with E-state index in [1.807, 2.05) is 24.3 Å². The van der Waals surface area contributed by atoms with E-state index >= 15 is 0 Å². The normalized spacial score (nSPS) is 10.6. The first kappa shape index (κ1) is 16.8. The molecule has 5 nitrogen and oxygen atoms in total. The van der Waals surface area contributed by atoms with Gasteiger partial charge in [0, 0.05) is 8.95 Å². The molecule has 3 aromatic rings. The van der Waals surface area contributed by atoms with Gasteiger partial charge in [0.1, 0.15) is 12.1 Å². The minimum Gasteiger partial charge on any atom is -0.289 e. The molecule has 1 aromatic heterocycles. The van der Waals surface area contributed by atoms with Crippen molar-refractivity contribution in [3.63, 3.8) is 0 Å². The lowest BCUT2D eigenvalue weighted by Gasteiger charge is -2.04. The summed E-state index contributed by atoms with van der Waals surface area (Å²) in [6.45, 7) is 0.528. The molecule has 0 aliphatic heterocycles. The van der Waals surface area contributed by atoms with E-state index in [2.05, 4.69) is 47.3 Å². The van der Waals surface area contributed by atoms with Gasteiger partial charge in [-0.3, -0.25) is 10.1 Å². The van der Waals surface area contributed by atoms with Crippen molar-refractivity contribution in [3.05, 3.63) is 74.7 Å². The number of benzene rings is 2. The number of halogens is 3. The van der Waals surface area contributed by atoms with Crippen LogP contribution >= 0.6 is 31.9 Å². The number of nitrogens with one attached hydrogen (secondary N) is 1. The number of rotatable bonds is 4. The topological polar surface area (TPSA) is 59.8 Å². The molecule has 122 valence electrons. The summed E-state index contributed by atoms with van der Waals surface area (Å²) in [5, 5.41) is 6.75. The summed E-state index contributed by atoms with van der Waals surface area (Å²) in [7, 11) is 0. The number of aromatic nitrogens is 3. The SMILES string of the molecule is O=C(Nc1ncn(Cc2ccc(Br)cc2)n1)c1cc(F)ccc1Br. The molecule has 2 aromatic carbocycles. The molecule has 0 unspecified atom stereocenters. The Bertz CT molecular complexity index is 880. The lowest BCUT2D eigenvalue weighted by molar-refractivity contribution is 0.102. The van der Waals surface area contributed by atoms with Crippen molar-refractivity contribution < 1.29 is 9.18 Å². The highest BCUT2D eigenvalue weighted by atomic mass is 79.9. The highest BCUT2D eigenvalue weighted by molar-refractivity contribution is 9.10. The second-order valence-electron chi connectivity index (χ2n) is 4.97. The number of nitrogens with zero attached hydrogens (tertiary/aromatic N) is 3. The van der Waals surface area contributed by atoms with Gasteiger partial charge in [-0.25, -0.2) is 14.1 Å². The van der Waals surface area contributed by atoms with Crippen LogP contribution in [0.2, 0.25) is 0 Å². The van der Waals surface area contributed by atoms with Crippen molar-refractivity contribution >= 4 is 43.7 Å². The monoisotopic (exact) mass is 452 g/mol. The van der Waals surface area contributed by atoms with E-state index in [0.717, 1.165) is 16.1 Å². The summed E-state index contributed by atoms with van der Waals surface area (Å²) >= 11 is 6.60. The number of amides is 1. The Balaban J connectivity index is 1.70. The minimum atomic E-state index is -0.489. The summed E-state index contributed by atoms with van der Waals surface area (Å²) in [6, 6.07) is 11.7. The van der Waals surface area contributed by atoms with E-state index in [1.54, 1.807) is 4.68 Å². The van der Waals surface area contributed by atoms with Crippen molar-refractivity contribution in [2.75, 3.05) is 5.32 Å². The number of carbonyl (C=O) groups is 1. The molecule has 0 saturated carbocycles. The zero-order valence-electron chi connectivity index (χ0n) is 12.2. The van der Waals surface area contributed by atoms with Gasteiger partial charge < -0.3 is 0 Å². The lowest BCUT2D eigenvalue weighted by Crippen LogP contribution is -2.14. The first-order valence-electron chi connectivity index (χ1n) is 6.91. The van der Waals surface area contributed by atoms with E-state index in [1.165, 1.54) is 18.5 Å². The second-order valence-corrected chi connectivity index (χ2v) is 6.74. The van der Waals surface area contributed by atoms with Crippen LogP contribution in [-0.4, -0.2) is 20.7 Å². The summed E-state index contributed by atoms with van der Waals surface area (Å²) in [5.41, 5.74) is 1.23. The number of carbonyl (C=O) groups excluding carboxylic acids is 1. The molecule has 1 N–H and O–H groups in total. The average molecular weight is 454 g/mol. The molecule has 1 amide bonds. The van der Waals surface area contributed by atoms with Crippen LogP contribution in [-0.2, 0) is 6.54 Å². The molecule has 0 atom stereocenters. The van der Waals surface area contributed by atoms with Gasteiger partial charge in [0.15, 0.2) is 0 Å². The molecule has 0 bridgehead atoms. The maximum Gasteiger partial charge on any atom is 0.259 e. The van der Waals surface area contributed by atoms with Crippen molar-refractivity contribution in [1.82, 2.24) is 14.8 Å². The van der Waals surface area contributed by atoms with Crippen LogP contribution in [0.3, 0.4) is 0 Å². The Kier molecular flexibility index (Phi) is 5.06. The van der Waals surface area contributed by atoms with Crippen molar-refractivity contribution in [2.24, 2.45) is 0 Å². The maximum atomic E-state index is 13.3. The Hall–Kier alpha value is -2.06. The van der Waals surface area contributed by atoms with Gasteiger partial charge in [0.25, 0.3) is 5.91 Å². The zero-order valence-corrected chi connectivity index (χ0v) is 15.4. The van der Waals surface area contributed by atoms with Crippen LogP contribution < -0.4 is 5.32 Å². The van der Waals surface area contributed by atoms with Crippen molar-refractivity contribution in [3.8, 4) is 0 Å². The Labute approximate surface area is 154 Å². The van der Waals surface area contributed by atoms with Crippen LogP contribution in [0.15, 0.2) is 57.7 Å². The fourth-order valence-electron chi connectivity index (χ4n) is 2.05. The van der Waals surface area contributed by atoms with E-state index in [4.69, 9.17) is 0 Å². The standard InChI is InChI=1S/C16H11Br2FN4O/c17-11-3-1-10(2-4-11)8-23-9-20-16(22-23)21-15(24)13-7-12(19)5-6-14(13)18/h1-7,9H,8H2,(H,21,22,24). The van der Waals surface area contributed by atoms with Gasteiger partial charge in [-0.05, 0) is 51.8 Å². The number of hydrogen-bond donors (Lipinski definition) is 1. The van der Waals surface area contributed by atoms with Crippen LogP contribution in [0.5, 0.6) is 0 Å². The molecule has 3 rings (SSSR count). The van der Waals surface area contributed by atoms with Gasteiger partial charge in [0.2, 0.25) is 5.95 Å². The smallest absolute Gasteiger partial charge is 0.259 e. The molecule has 8 heteroatoms. The summed E-state index contributed by atoms with van der Waals surface area (Å²) in [4.78, 5) is 16.2. The van der Waals surface area contributed by atoms with Crippen molar-refractivity contribution in [2.45, 2.75) is 6.54 Å². The Morgan fingerprint density at radius 1 is 1.17 bits per heavy atom. The fourth-order valence-corrected chi connectivity index (χ4v) is 2.74. The summed E-state index contributed by atoms with van der Waals surface area (Å²) in [6.07, 6.45) is 1.53. The van der Waals surface area contributed by atoms with Gasteiger partial charge in [0.05, 0.1) is 12.1 Å². The predicted molar refractivity (Wildman–Crippen MR) is 95.3 cm³/mol. The minimum absolute atomic E-state index is 0.160. The zero-order chi connectivity index (χ0) is 17.1. The largest absolute Gasteiger partial charge is 0.289 e. The van der Waals surface area contributed by atoms with Crippen LogP contribution in [0.25, 0.3) is 0 Å². The summed E-state index contributed by atoms with van der Waals surface area (Å²) < 4.78 is 16.4. The third kappa shape index (κ3) is 4.07. The third-order valence-electron chi connectivity index (χ3n) is 3.19. The molecule has 0 radical (unpaired) electrons. The van der Waals surface area contributed by atoms with Gasteiger partial charge in [-0.1, -0.05) is 28.1 Å². The molecular formula is C16H11Br2FN4O. The Morgan fingerprint density at radius 3 is 2.67 bits per heavy atom. The van der Waals surface area contributed by atoms with E-state index in [9.17, 15) is 9.18 Å². The van der Waals surface area contributed by atoms with E-state index in [0.29, 0.717) is 11.0 Å². The first-order chi connectivity index (χ1) is 11.5. The predicted octanol–water partition coefficient (Wildman–Crippen LogP) is 4.24. The highest BCUT2D eigenvalue weighted by Crippen LogP contribution is 2.19. The quantitative estimate of drug-likeness (QED) is 0.642. The van der Waals surface area contributed by atoms with Gasteiger partial charge >= 0.3 is 0 Å². The first-order valence-corrected chi connectivity index (χ1v) is 8.50. The lowest BCUT2D eigenvalue weighted by atomic mass is 10.2. The number of anilines is 1. The molecule has 0 spiro atoms. The summed E-state index contributed by atoms with van der Waals surface area (Å²) in [5.74, 6) is -0.812.